The van der Waals surface area contributed by atoms with Crippen molar-refractivity contribution in [3.8, 4) is 0 Å². The molecule has 4 heteroatoms. The molecule has 3 fully saturated rings. The zero-order chi connectivity index (χ0) is 24.5. The van der Waals surface area contributed by atoms with Gasteiger partial charge >= 0.3 is 0 Å². The van der Waals surface area contributed by atoms with Gasteiger partial charge in [0.05, 0.1) is 5.60 Å². The molecule has 0 radical (unpaired) electrons. The van der Waals surface area contributed by atoms with Crippen LogP contribution in [-0.2, 0) is 0 Å². The number of hydrogen-bond acceptors (Lipinski definition) is 3. The average molecular weight is 487 g/mol. The van der Waals surface area contributed by atoms with Crippen LogP contribution in [0, 0.1) is 18.3 Å². The predicted octanol–water partition coefficient (Wildman–Crippen LogP) is 6.79. The van der Waals surface area contributed by atoms with Crippen LogP contribution in [-0.4, -0.2) is 45.9 Å². The number of hydrogen-bond donors (Lipinski definition) is 1. The van der Waals surface area contributed by atoms with E-state index in [1.807, 2.05) is 12.4 Å². The zero-order valence-corrected chi connectivity index (χ0v) is 21.6. The minimum atomic E-state index is -0.703. The normalized spacial score (nSPS) is 38.6. The molecule has 6 atom stereocenters. The molecule has 190 valence electrons. The van der Waals surface area contributed by atoms with Gasteiger partial charge in [0.15, 0.2) is 0 Å². The number of alkyl halides is 1. The van der Waals surface area contributed by atoms with Crippen LogP contribution in [0.25, 0.3) is 10.8 Å². The maximum atomic E-state index is 13.9. The van der Waals surface area contributed by atoms with E-state index in [9.17, 15) is 9.50 Å². The maximum absolute atomic E-state index is 13.9. The molecule has 1 N–H and O–H groups in total. The molecule has 2 heterocycles. The predicted molar refractivity (Wildman–Crippen MR) is 143 cm³/mol. The lowest BCUT2D eigenvalue weighted by atomic mass is 9.67. The minimum Gasteiger partial charge on any atom is -0.385 e. The molecule has 4 aliphatic carbocycles. The first-order valence-corrected chi connectivity index (χ1v) is 14.3. The Bertz CT molecular complexity index is 1250. The number of fused-ring (bicyclic) bond motifs is 4. The molecule has 2 aromatic rings. The number of aromatic nitrogens is 1. The van der Waals surface area contributed by atoms with Crippen molar-refractivity contribution in [2.45, 2.75) is 94.9 Å². The topological polar surface area (TPSA) is 36.4 Å². The number of halogens is 1. The Kier molecular flexibility index (Phi) is 5.45. The lowest BCUT2D eigenvalue weighted by Gasteiger charge is -2.42. The number of pyridine rings is 1. The number of allylic oxidation sites excluding steroid dienone is 2. The first-order valence-electron chi connectivity index (χ1n) is 14.3. The molecule has 0 amide bonds. The third-order valence-electron chi connectivity index (χ3n) is 10.9. The second-order valence-electron chi connectivity index (χ2n) is 12.6. The molecule has 2 saturated carbocycles. The highest BCUT2D eigenvalue weighted by Crippen LogP contribution is 2.63. The molecule has 5 aliphatic rings. The van der Waals surface area contributed by atoms with Gasteiger partial charge < -0.3 is 5.11 Å². The van der Waals surface area contributed by atoms with Gasteiger partial charge in [-0.3, -0.25) is 9.88 Å². The van der Waals surface area contributed by atoms with Gasteiger partial charge in [0.2, 0.25) is 0 Å². The van der Waals surface area contributed by atoms with Gasteiger partial charge in [-0.1, -0.05) is 23.8 Å². The Labute approximate surface area is 214 Å². The van der Waals surface area contributed by atoms with Crippen LogP contribution in [0.4, 0.5) is 4.39 Å². The van der Waals surface area contributed by atoms with Gasteiger partial charge in [-0.15, -0.1) is 0 Å². The number of aryl methyl sites for hydroxylation is 1. The summed E-state index contributed by atoms with van der Waals surface area (Å²) in [6.07, 6.45) is 18.4. The highest BCUT2D eigenvalue weighted by molar-refractivity contribution is 5.83. The minimum absolute atomic E-state index is 0.0380. The van der Waals surface area contributed by atoms with E-state index in [2.05, 4.69) is 47.2 Å². The highest BCUT2D eigenvalue weighted by atomic mass is 19.1. The summed E-state index contributed by atoms with van der Waals surface area (Å²) in [5.74, 6) is 1.04. The van der Waals surface area contributed by atoms with Crippen LogP contribution in [0.5, 0.6) is 0 Å². The summed E-state index contributed by atoms with van der Waals surface area (Å²) in [6.45, 7) is 3.79. The molecule has 5 unspecified atom stereocenters. The maximum Gasteiger partial charge on any atom is 0.114 e. The van der Waals surface area contributed by atoms with Gasteiger partial charge in [-0.25, -0.2) is 4.39 Å². The molecular formula is C32H39FN2O. The molecule has 3 nitrogen and oxygen atoms in total. The number of aliphatic hydroxyl groups is 1. The fourth-order valence-corrected chi connectivity index (χ4v) is 8.81. The fraction of sp³-hybridized carbons (Fsp3) is 0.594. The molecule has 7 rings (SSSR count). The Hall–Kier alpha value is -2.04. The number of nitrogens with zero attached hydrogens (tertiary/aromatic N) is 2. The van der Waals surface area contributed by atoms with Gasteiger partial charge in [0, 0.05) is 42.3 Å². The Morgan fingerprint density at radius 1 is 1.08 bits per heavy atom. The summed E-state index contributed by atoms with van der Waals surface area (Å²) in [5, 5.41) is 14.9. The Morgan fingerprint density at radius 3 is 2.83 bits per heavy atom. The van der Waals surface area contributed by atoms with Crippen molar-refractivity contribution in [2.24, 2.45) is 11.3 Å². The van der Waals surface area contributed by atoms with Crippen molar-refractivity contribution in [2.75, 3.05) is 13.1 Å². The average Bonchev–Trinajstić information content (AvgIpc) is 3.55. The van der Waals surface area contributed by atoms with Crippen molar-refractivity contribution in [1.29, 1.82) is 0 Å². The van der Waals surface area contributed by atoms with E-state index in [1.54, 1.807) is 5.57 Å². The molecule has 1 spiro atoms. The second-order valence-corrected chi connectivity index (χ2v) is 12.6. The smallest absolute Gasteiger partial charge is 0.114 e. The van der Waals surface area contributed by atoms with Crippen molar-refractivity contribution in [3.63, 3.8) is 0 Å². The van der Waals surface area contributed by atoms with Gasteiger partial charge in [0.25, 0.3) is 0 Å². The summed E-state index contributed by atoms with van der Waals surface area (Å²) in [4.78, 5) is 6.76. The summed E-state index contributed by atoms with van der Waals surface area (Å²) < 4.78 is 13.9. The van der Waals surface area contributed by atoms with Crippen molar-refractivity contribution in [1.82, 2.24) is 9.88 Å². The first-order chi connectivity index (χ1) is 17.4. The summed E-state index contributed by atoms with van der Waals surface area (Å²) >= 11 is 0. The van der Waals surface area contributed by atoms with E-state index in [-0.39, 0.29) is 5.41 Å². The third-order valence-corrected chi connectivity index (χ3v) is 10.9. The quantitative estimate of drug-likeness (QED) is 0.508. The van der Waals surface area contributed by atoms with E-state index in [0.717, 1.165) is 64.3 Å². The van der Waals surface area contributed by atoms with Crippen LogP contribution in [0.15, 0.2) is 53.9 Å². The summed E-state index contributed by atoms with van der Waals surface area (Å²) in [7, 11) is 0. The van der Waals surface area contributed by atoms with Crippen LogP contribution < -0.4 is 0 Å². The van der Waals surface area contributed by atoms with Crippen LogP contribution >= 0.6 is 0 Å². The largest absolute Gasteiger partial charge is 0.385 e. The number of rotatable bonds is 2. The molecule has 1 aliphatic heterocycles. The lowest BCUT2D eigenvalue weighted by Crippen LogP contribution is -2.44. The van der Waals surface area contributed by atoms with Gasteiger partial charge in [-0.05, 0) is 117 Å². The Balaban J connectivity index is 1.12. The van der Waals surface area contributed by atoms with Crippen LogP contribution in [0.1, 0.15) is 81.3 Å². The van der Waals surface area contributed by atoms with Gasteiger partial charge in [-0.2, -0.15) is 0 Å². The number of benzene rings is 1. The Morgan fingerprint density at radius 2 is 1.97 bits per heavy atom. The van der Waals surface area contributed by atoms with E-state index in [0.29, 0.717) is 30.8 Å². The van der Waals surface area contributed by atoms with Gasteiger partial charge in [0.1, 0.15) is 6.17 Å². The monoisotopic (exact) mass is 486 g/mol. The molecule has 0 bridgehead atoms. The summed E-state index contributed by atoms with van der Waals surface area (Å²) in [6, 6.07) is 7.29. The number of likely N-dealkylation sites (tertiary alicyclic amines) is 1. The zero-order valence-electron chi connectivity index (χ0n) is 21.6. The SMILES string of the molecule is Cc1cc2ccncc2cc1C1CCC2(CC=C3C=C4CCC(N5CCC(F)C5)CC4CC[C@@]32O)C1. The lowest BCUT2D eigenvalue weighted by molar-refractivity contribution is -0.0459. The summed E-state index contributed by atoms with van der Waals surface area (Å²) in [5.41, 5.74) is 4.84. The van der Waals surface area contributed by atoms with Crippen molar-refractivity contribution >= 4 is 10.8 Å². The molecular weight excluding hydrogens is 447 g/mol. The molecule has 36 heavy (non-hydrogen) atoms. The standard InChI is InChI=1S/C32H39FN2O/c1-21-14-24-7-12-34-19-26(24)17-30(21)25-4-9-31(18-25)10-6-27-15-22-2-3-29(35-13-8-28(33)20-35)16-23(22)5-11-32(27,31)36/h6-7,12,14-15,17,19,23,25,28-29,36H,2-5,8-11,13,16,18,20H2,1H3/t23?,25?,28?,29?,31?,32-/m1/s1. The van der Waals surface area contributed by atoms with Crippen molar-refractivity contribution < 1.29 is 9.50 Å². The third kappa shape index (κ3) is 3.55. The van der Waals surface area contributed by atoms with E-state index < -0.39 is 11.8 Å². The van der Waals surface area contributed by atoms with Crippen LogP contribution in [0.3, 0.4) is 0 Å². The van der Waals surface area contributed by atoms with E-state index in [4.69, 9.17) is 0 Å². The van der Waals surface area contributed by atoms with E-state index in [1.165, 1.54) is 27.5 Å². The molecule has 1 saturated heterocycles. The van der Waals surface area contributed by atoms with E-state index >= 15 is 0 Å². The first kappa shape index (κ1) is 23.1. The highest BCUT2D eigenvalue weighted by Gasteiger charge is 2.58. The fourth-order valence-electron chi connectivity index (χ4n) is 8.81. The van der Waals surface area contributed by atoms with Crippen molar-refractivity contribution in [3.05, 3.63) is 65.0 Å². The molecule has 1 aromatic heterocycles. The second kappa shape index (κ2) is 8.49. The van der Waals surface area contributed by atoms with Crippen LogP contribution in [0.2, 0.25) is 0 Å². The molecule has 1 aromatic carbocycles.